The fraction of sp³-hybridized carbons (Fsp3) is 0.435. The van der Waals surface area contributed by atoms with Crippen LogP contribution in [0.5, 0.6) is 0 Å². The summed E-state index contributed by atoms with van der Waals surface area (Å²) in [5, 5.41) is 13.3. The average molecular weight is 470 g/mol. The second-order valence-corrected chi connectivity index (χ2v) is 9.77. The maximum Gasteiger partial charge on any atom is 0.341 e. The zero-order valence-corrected chi connectivity index (χ0v) is 19.4. The van der Waals surface area contributed by atoms with Gasteiger partial charge in [0.15, 0.2) is 5.78 Å². The molecule has 2 aromatic heterocycles. The number of carbonyl (C=O) groups excluding carboxylic acids is 3. The fourth-order valence-corrected chi connectivity index (χ4v) is 6.14. The normalized spacial score (nSPS) is 14.8. The molecule has 2 aliphatic rings. The van der Waals surface area contributed by atoms with Crippen molar-refractivity contribution in [2.75, 3.05) is 17.7 Å². The molecule has 2 aromatic rings. The van der Waals surface area contributed by atoms with Gasteiger partial charge in [-0.05, 0) is 57.1 Å². The van der Waals surface area contributed by atoms with E-state index in [-0.39, 0.29) is 24.1 Å². The lowest BCUT2D eigenvalue weighted by Crippen LogP contribution is -2.18. The molecule has 166 valence electrons. The van der Waals surface area contributed by atoms with Gasteiger partial charge in [0.2, 0.25) is 5.91 Å². The Hall–Kier alpha value is -2.70. The largest absolute Gasteiger partial charge is 0.462 e. The number of aryl methyl sites for hydroxylation is 2. The van der Waals surface area contributed by atoms with Gasteiger partial charge in [0.1, 0.15) is 16.1 Å². The molecule has 1 amide bonds. The summed E-state index contributed by atoms with van der Waals surface area (Å²) in [7, 11) is 0. The number of nitrogens with zero attached hydrogens (tertiary/aromatic N) is 2. The van der Waals surface area contributed by atoms with Crippen molar-refractivity contribution in [1.29, 1.82) is 5.26 Å². The van der Waals surface area contributed by atoms with Crippen LogP contribution in [0.15, 0.2) is 11.1 Å². The Kier molecular flexibility index (Phi) is 6.92. The minimum Gasteiger partial charge on any atom is -0.462 e. The Balaban J connectivity index is 1.51. The molecule has 0 unspecified atom stereocenters. The van der Waals surface area contributed by atoms with Gasteiger partial charge < -0.3 is 10.1 Å². The number of amides is 1. The number of thioether (sulfide) groups is 1. The van der Waals surface area contributed by atoms with Crippen molar-refractivity contribution in [2.24, 2.45) is 0 Å². The van der Waals surface area contributed by atoms with Crippen molar-refractivity contribution in [2.45, 2.75) is 56.9 Å². The first-order chi connectivity index (χ1) is 15.5. The number of ether oxygens (including phenoxy) is 1. The predicted molar refractivity (Wildman–Crippen MR) is 122 cm³/mol. The number of ketones is 1. The highest BCUT2D eigenvalue weighted by molar-refractivity contribution is 8.00. The Labute approximate surface area is 194 Å². The smallest absolute Gasteiger partial charge is 0.341 e. The highest BCUT2D eigenvalue weighted by Gasteiger charge is 2.27. The number of anilines is 1. The molecule has 2 heterocycles. The first kappa shape index (κ1) is 22.5. The van der Waals surface area contributed by atoms with Crippen LogP contribution in [0.2, 0.25) is 0 Å². The molecule has 0 spiro atoms. The molecular weight excluding hydrogens is 446 g/mol. The van der Waals surface area contributed by atoms with Crippen molar-refractivity contribution in [3.8, 4) is 6.07 Å². The third-order valence-electron chi connectivity index (χ3n) is 5.55. The summed E-state index contributed by atoms with van der Waals surface area (Å²) in [5.74, 6) is -0.627. The molecule has 0 saturated carbocycles. The van der Waals surface area contributed by atoms with Crippen LogP contribution in [0, 0.1) is 11.3 Å². The Bertz CT molecular complexity index is 1130. The van der Waals surface area contributed by atoms with Gasteiger partial charge in [-0.3, -0.25) is 9.59 Å². The lowest BCUT2D eigenvalue weighted by atomic mass is 9.94. The van der Waals surface area contributed by atoms with E-state index in [1.165, 1.54) is 11.3 Å². The summed E-state index contributed by atoms with van der Waals surface area (Å²) in [6, 6.07) is 3.68. The van der Waals surface area contributed by atoms with Crippen LogP contribution in [0.3, 0.4) is 0 Å². The Morgan fingerprint density at radius 1 is 1.25 bits per heavy atom. The molecule has 9 heteroatoms. The second kappa shape index (κ2) is 9.84. The summed E-state index contributed by atoms with van der Waals surface area (Å²) in [6.07, 6.45) is 5.71. The van der Waals surface area contributed by atoms with Gasteiger partial charge in [0, 0.05) is 16.9 Å². The third kappa shape index (κ3) is 4.57. The number of thiophene rings is 1. The molecule has 32 heavy (non-hydrogen) atoms. The van der Waals surface area contributed by atoms with Crippen LogP contribution in [0.1, 0.15) is 75.0 Å². The molecule has 0 aromatic carbocycles. The van der Waals surface area contributed by atoms with E-state index in [2.05, 4.69) is 16.4 Å². The number of esters is 1. The van der Waals surface area contributed by atoms with E-state index in [1.54, 1.807) is 13.0 Å². The Morgan fingerprint density at radius 3 is 2.84 bits per heavy atom. The SMILES string of the molecule is CCOC(=O)c1c(NC(=O)CSc2nc3c(cc2C#N)C(=O)CCC3)sc2c1CCCC2. The van der Waals surface area contributed by atoms with E-state index >= 15 is 0 Å². The summed E-state index contributed by atoms with van der Waals surface area (Å²) >= 11 is 2.61. The molecule has 0 bridgehead atoms. The average Bonchev–Trinajstić information content (AvgIpc) is 3.15. The van der Waals surface area contributed by atoms with E-state index in [9.17, 15) is 19.6 Å². The van der Waals surface area contributed by atoms with E-state index in [4.69, 9.17) is 4.74 Å². The van der Waals surface area contributed by atoms with Crippen molar-refractivity contribution in [3.63, 3.8) is 0 Å². The highest BCUT2D eigenvalue weighted by Crippen LogP contribution is 2.39. The maximum absolute atomic E-state index is 12.7. The third-order valence-corrected chi connectivity index (χ3v) is 7.75. The molecule has 0 fully saturated rings. The second-order valence-electron chi connectivity index (χ2n) is 7.70. The monoisotopic (exact) mass is 469 g/mol. The first-order valence-corrected chi connectivity index (χ1v) is 12.5. The summed E-state index contributed by atoms with van der Waals surface area (Å²) in [6.45, 7) is 2.04. The summed E-state index contributed by atoms with van der Waals surface area (Å²) in [4.78, 5) is 43.0. The number of rotatable bonds is 6. The number of hydrogen-bond acceptors (Lipinski definition) is 8. The number of hydrogen-bond donors (Lipinski definition) is 1. The number of fused-ring (bicyclic) bond motifs is 2. The van der Waals surface area contributed by atoms with Crippen molar-refractivity contribution < 1.29 is 19.1 Å². The van der Waals surface area contributed by atoms with E-state index in [1.807, 2.05) is 0 Å². The first-order valence-electron chi connectivity index (χ1n) is 10.7. The van der Waals surface area contributed by atoms with Gasteiger partial charge in [-0.15, -0.1) is 11.3 Å². The minimum absolute atomic E-state index is 0.0118. The predicted octanol–water partition coefficient (Wildman–Crippen LogP) is 4.32. The maximum atomic E-state index is 12.7. The van der Waals surface area contributed by atoms with Crippen LogP contribution < -0.4 is 5.32 Å². The topological polar surface area (TPSA) is 109 Å². The molecule has 4 rings (SSSR count). The lowest BCUT2D eigenvalue weighted by molar-refractivity contribution is -0.113. The molecular formula is C23H23N3O4S2. The lowest BCUT2D eigenvalue weighted by Gasteiger charge is -2.15. The van der Waals surface area contributed by atoms with Crippen molar-refractivity contribution >= 4 is 45.8 Å². The van der Waals surface area contributed by atoms with Crippen LogP contribution in [-0.2, 0) is 28.8 Å². The van der Waals surface area contributed by atoms with E-state index in [0.29, 0.717) is 45.3 Å². The van der Waals surface area contributed by atoms with Gasteiger partial charge in [0.05, 0.1) is 29.2 Å². The van der Waals surface area contributed by atoms with E-state index in [0.717, 1.165) is 54.3 Å². The van der Waals surface area contributed by atoms with Gasteiger partial charge >= 0.3 is 5.97 Å². The van der Waals surface area contributed by atoms with Crippen LogP contribution in [0.25, 0.3) is 0 Å². The fourth-order valence-electron chi connectivity index (χ4n) is 4.08. The van der Waals surface area contributed by atoms with Crippen molar-refractivity contribution in [3.05, 3.63) is 38.9 Å². The standard InChI is InChI=1S/C23H23N3O4S2/c1-2-30-23(29)20-14-6-3-4-9-18(14)32-22(20)26-19(28)12-31-21-13(11-24)10-15-16(25-21)7-5-8-17(15)27/h10H,2-9,12H2,1H3,(H,26,28). The van der Waals surface area contributed by atoms with Gasteiger partial charge in [0.25, 0.3) is 0 Å². The molecule has 0 radical (unpaired) electrons. The zero-order valence-electron chi connectivity index (χ0n) is 17.8. The number of nitriles is 1. The number of Topliss-reactive ketones (excluding diaryl/α,β-unsaturated/α-hetero) is 1. The molecule has 0 aliphatic heterocycles. The minimum atomic E-state index is -0.400. The van der Waals surface area contributed by atoms with E-state index < -0.39 is 5.97 Å². The molecule has 7 nitrogen and oxygen atoms in total. The van der Waals surface area contributed by atoms with Crippen LogP contribution in [0.4, 0.5) is 5.00 Å². The van der Waals surface area contributed by atoms with Crippen molar-refractivity contribution in [1.82, 2.24) is 4.98 Å². The number of carbonyl (C=O) groups is 3. The number of pyridine rings is 1. The zero-order chi connectivity index (χ0) is 22.7. The number of nitrogens with one attached hydrogen (secondary N) is 1. The summed E-state index contributed by atoms with van der Waals surface area (Å²) < 4.78 is 5.23. The van der Waals surface area contributed by atoms with Crippen LogP contribution in [-0.4, -0.2) is 35.0 Å². The van der Waals surface area contributed by atoms with Crippen LogP contribution >= 0.6 is 23.1 Å². The Morgan fingerprint density at radius 2 is 2.06 bits per heavy atom. The quantitative estimate of drug-likeness (QED) is 0.496. The number of aromatic nitrogens is 1. The van der Waals surface area contributed by atoms with Gasteiger partial charge in [-0.2, -0.15) is 5.26 Å². The molecule has 0 saturated heterocycles. The molecule has 1 N–H and O–H groups in total. The van der Waals surface area contributed by atoms with Gasteiger partial charge in [-0.25, -0.2) is 9.78 Å². The molecule has 0 atom stereocenters. The summed E-state index contributed by atoms with van der Waals surface area (Å²) in [5.41, 5.74) is 2.99. The molecule has 2 aliphatic carbocycles. The highest BCUT2D eigenvalue weighted by atomic mass is 32.2. The van der Waals surface area contributed by atoms with Gasteiger partial charge in [-0.1, -0.05) is 11.8 Å².